The van der Waals surface area contributed by atoms with Crippen LogP contribution in [0, 0.1) is 0 Å². The minimum atomic E-state index is -0.239. The zero-order valence-electron chi connectivity index (χ0n) is 10.7. The number of carbonyl (C=O) groups is 1. The molecule has 0 aliphatic heterocycles. The second-order valence-electron chi connectivity index (χ2n) is 5.12. The van der Waals surface area contributed by atoms with E-state index in [1.807, 2.05) is 6.07 Å². The third-order valence-electron chi connectivity index (χ3n) is 2.62. The van der Waals surface area contributed by atoms with Crippen LogP contribution >= 0.6 is 0 Å². The summed E-state index contributed by atoms with van der Waals surface area (Å²) in [6, 6.07) is 3.66. The number of hydrogen-bond donors (Lipinski definition) is 2. The zero-order chi connectivity index (χ0) is 13.2. The molecule has 2 N–H and O–H groups in total. The third-order valence-corrected chi connectivity index (χ3v) is 2.62. The molecule has 0 saturated heterocycles. The number of pyridine rings is 1. The number of anilines is 1. The van der Waals surface area contributed by atoms with E-state index in [1.165, 1.54) is 0 Å². The number of aromatic nitrogens is 3. The molecule has 2 aromatic rings. The van der Waals surface area contributed by atoms with Crippen LogP contribution in [0.4, 0.5) is 5.69 Å². The van der Waals surface area contributed by atoms with E-state index in [9.17, 15) is 4.79 Å². The van der Waals surface area contributed by atoms with E-state index in [-0.39, 0.29) is 11.3 Å². The predicted molar refractivity (Wildman–Crippen MR) is 69.5 cm³/mol. The Hall–Kier alpha value is -2.17. The molecule has 5 heteroatoms. The Bertz CT molecular complexity index is 523. The van der Waals surface area contributed by atoms with Crippen molar-refractivity contribution in [3.8, 4) is 0 Å². The fraction of sp³-hybridized carbons (Fsp3) is 0.308. The molecule has 2 heterocycles. The highest BCUT2D eigenvalue weighted by molar-refractivity contribution is 6.02. The topological polar surface area (TPSA) is 70.7 Å². The first-order chi connectivity index (χ1) is 8.47. The molecule has 2 aromatic heterocycles. The van der Waals surface area contributed by atoms with Crippen molar-refractivity contribution in [2.45, 2.75) is 26.2 Å². The van der Waals surface area contributed by atoms with Gasteiger partial charge in [0.15, 0.2) is 0 Å². The van der Waals surface area contributed by atoms with E-state index < -0.39 is 0 Å². The SMILES string of the molecule is CC(C)(C)c1ccc(C(=O)Nc2cn[nH]c2)nc1. The molecule has 0 radical (unpaired) electrons. The van der Waals surface area contributed by atoms with Crippen molar-refractivity contribution in [2.24, 2.45) is 0 Å². The number of carbonyl (C=O) groups excluding carboxylic acids is 1. The molecule has 0 unspecified atom stereocenters. The summed E-state index contributed by atoms with van der Waals surface area (Å²) in [6.45, 7) is 6.32. The van der Waals surface area contributed by atoms with Gasteiger partial charge in [-0.25, -0.2) is 0 Å². The van der Waals surface area contributed by atoms with Gasteiger partial charge in [-0.1, -0.05) is 26.8 Å². The zero-order valence-corrected chi connectivity index (χ0v) is 10.7. The molecule has 0 aromatic carbocycles. The van der Waals surface area contributed by atoms with Crippen LogP contribution in [-0.4, -0.2) is 21.1 Å². The van der Waals surface area contributed by atoms with Crippen LogP contribution in [0.5, 0.6) is 0 Å². The Morgan fingerprint density at radius 3 is 2.56 bits per heavy atom. The number of nitrogens with zero attached hydrogens (tertiary/aromatic N) is 2. The Morgan fingerprint density at radius 1 is 1.28 bits per heavy atom. The van der Waals surface area contributed by atoms with Gasteiger partial charge >= 0.3 is 0 Å². The van der Waals surface area contributed by atoms with Gasteiger partial charge in [-0.2, -0.15) is 5.10 Å². The number of rotatable bonds is 2. The summed E-state index contributed by atoms with van der Waals surface area (Å²) in [5.74, 6) is -0.239. The molecule has 0 atom stereocenters. The lowest BCUT2D eigenvalue weighted by molar-refractivity contribution is 0.102. The molecular formula is C13H16N4O. The van der Waals surface area contributed by atoms with Gasteiger partial charge in [0.05, 0.1) is 11.9 Å². The molecule has 1 amide bonds. The van der Waals surface area contributed by atoms with E-state index in [4.69, 9.17) is 0 Å². The second kappa shape index (κ2) is 4.60. The molecule has 0 fully saturated rings. The van der Waals surface area contributed by atoms with Gasteiger partial charge in [0.2, 0.25) is 0 Å². The highest BCUT2D eigenvalue weighted by Gasteiger charge is 2.15. The first kappa shape index (κ1) is 12.3. The summed E-state index contributed by atoms with van der Waals surface area (Å²) in [7, 11) is 0. The highest BCUT2D eigenvalue weighted by Crippen LogP contribution is 2.21. The maximum Gasteiger partial charge on any atom is 0.274 e. The summed E-state index contributed by atoms with van der Waals surface area (Å²) in [4.78, 5) is 16.0. The third kappa shape index (κ3) is 2.74. The van der Waals surface area contributed by atoms with Crippen molar-refractivity contribution in [3.63, 3.8) is 0 Å². The van der Waals surface area contributed by atoms with Gasteiger partial charge in [0, 0.05) is 12.4 Å². The van der Waals surface area contributed by atoms with Gasteiger partial charge in [-0.05, 0) is 17.0 Å². The average Bonchev–Trinajstić information content (AvgIpc) is 2.81. The van der Waals surface area contributed by atoms with Crippen LogP contribution < -0.4 is 5.32 Å². The van der Waals surface area contributed by atoms with Crippen molar-refractivity contribution in [3.05, 3.63) is 42.0 Å². The molecule has 0 spiro atoms. The minimum absolute atomic E-state index is 0.0343. The quantitative estimate of drug-likeness (QED) is 0.851. The molecule has 0 saturated carbocycles. The van der Waals surface area contributed by atoms with E-state index in [0.717, 1.165) is 5.56 Å². The summed E-state index contributed by atoms with van der Waals surface area (Å²) in [5.41, 5.74) is 2.15. The van der Waals surface area contributed by atoms with Gasteiger partial charge in [-0.3, -0.25) is 14.9 Å². The van der Waals surface area contributed by atoms with Crippen molar-refractivity contribution in [2.75, 3.05) is 5.32 Å². The monoisotopic (exact) mass is 244 g/mol. The number of H-pyrrole nitrogens is 1. The molecule has 0 bridgehead atoms. The first-order valence-electron chi connectivity index (χ1n) is 5.73. The number of nitrogens with one attached hydrogen (secondary N) is 2. The van der Waals surface area contributed by atoms with Crippen LogP contribution in [0.2, 0.25) is 0 Å². The smallest absolute Gasteiger partial charge is 0.274 e. The van der Waals surface area contributed by atoms with E-state index in [1.54, 1.807) is 24.7 Å². The lowest BCUT2D eigenvalue weighted by atomic mass is 9.88. The molecule has 18 heavy (non-hydrogen) atoms. The van der Waals surface area contributed by atoms with Crippen LogP contribution in [0.25, 0.3) is 0 Å². The largest absolute Gasteiger partial charge is 0.318 e. The van der Waals surface area contributed by atoms with Crippen molar-refractivity contribution in [1.82, 2.24) is 15.2 Å². The molecular weight excluding hydrogens is 228 g/mol. The van der Waals surface area contributed by atoms with Gasteiger partial charge in [0.1, 0.15) is 5.69 Å². The predicted octanol–water partition coefficient (Wildman–Crippen LogP) is 2.35. The maximum atomic E-state index is 11.9. The summed E-state index contributed by atoms with van der Waals surface area (Å²) < 4.78 is 0. The fourth-order valence-corrected chi connectivity index (χ4v) is 1.49. The average molecular weight is 244 g/mol. The Morgan fingerprint density at radius 2 is 2.06 bits per heavy atom. The summed E-state index contributed by atoms with van der Waals surface area (Å²) in [5, 5.41) is 9.09. The molecule has 0 aliphatic carbocycles. The van der Waals surface area contributed by atoms with E-state index >= 15 is 0 Å². The van der Waals surface area contributed by atoms with Gasteiger partial charge in [-0.15, -0.1) is 0 Å². The van der Waals surface area contributed by atoms with Crippen LogP contribution in [0.3, 0.4) is 0 Å². The molecule has 5 nitrogen and oxygen atoms in total. The maximum absolute atomic E-state index is 11.9. The number of hydrogen-bond acceptors (Lipinski definition) is 3. The summed E-state index contributed by atoms with van der Waals surface area (Å²) >= 11 is 0. The Balaban J connectivity index is 2.12. The Labute approximate surface area is 106 Å². The van der Waals surface area contributed by atoms with Crippen molar-refractivity contribution < 1.29 is 4.79 Å². The van der Waals surface area contributed by atoms with Crippen LogP contribution in [0.1, 0.15) is 36.8 Å². The summed E-state index contributed by atoms with van der Waals surface area (Å²) in [6.07, 6.45) is 4.90. The Kier molecular flexibility index (Phi) is 3.14. The fourth-order valence-electron chi connectivity index (χ4n) is 1.49. The molecule has 94 valence electrons. The van der Waals surface area contributed by atoms with Crippen molar-refractivity contribution >= 4 is 11.6 Å². The van der Waals surface area contributed by atoms with Gasteiger partial charge in [0.25, 0.3) is 5.91 Å². The number of amides is 1. The van der Waals surface area contributed by atoms with Crippen LogP contribution in [0.15, 0.2) is 30.7 Å². The molecule has 2 rings (SSSR count). The van der Waals surface area contributed by atoms with Crippen LogP contribution in [-0.2, 0) is 5.41 Å². The lowest BCUT2D eigenvalue weighted by Crippen LogP contribution is -2.16. The first-order valence-corrected chi connectivity index (χ1v) is 5.73. The van der Waals surface area contributed by atoms with E-state index in [0.29, 0.717) is 11.4 Å². The van der Waals surface area contributed by atoms with Gasteiger partial charge < -0.3 is 5.32 Å². The normalized spacial score (nSPS) is 11.3. The number of aromatic amines is 1. The molecule has 0 aliphatic rings. The van der Waals surface area contributed by atoms with Crippen molar-refractivity contribution in [1.29, 1.82) is 0 Å². The van der Waals surface area contributed by atoms with E-state index in [2.05, 4.69) is 41.3 Å². The second-order valence-corrected chi connectivity index (χ2v) is 5.12. The minimum Gasteiger partial charge on any atom is -0.318 e. The highest BCUT2D eigenvalue weighted by atomic mass is 16.1. The lowest BCUT2D eigenvalue weighted by Gasteiger charge is -2.18. The standard InChI is InChI=1S/C13H16N4O/c1-13(2,3)9-4-5-11(14-6-9)12(18)17-10-7-15-16-8-10/h4-8H,1-3H3,(H,15,16)(H,17,18).